The number of aliphatic carboxylic acids is 1. The van der Waals surface area contributed by atoms with Gasteiger partial charge in [-0.25, -0.2) is 9.48 Å². The number of carbonyl (C=O) groups excluding carboxylic acids is 1. The van der Waals surface area contributed by atoms with E-state index in [-0.39, 0.29) is 12.5 Å². The van der Waals surface area contributed by atoms with E-state index in [0.717, 1.165) is 0 Å². The average Bonchev–Trinajstić information content (AvgIpc) is 2.90. The molecule has 1 amide bonds. The molecule has 8 nitrogen and oxygen atoms in total. The van der Waals surface area contributed by atoms with Crippen molar-refractivity contribution in [1.29, 1.82) is 0 Å². The van der Waals surface area contributed by atoms with Crippen molar-refractivity contribution in [2.24, 2.45) is 0 Å². The first-order valence-electron chi connectivity index (χ1n) is 5.72. The Morgan fingerprint density at radius 1 is 1.30 bits per heavy atom. The van der Waals surface area contributed by atoms with E-state index in [2.05, 4.69) is 15.6 Å². The number of anilines is 1. The number of hydrogen-bond donors (Lipinski definition) is 2. The molecule has 0 unspecified atom stereocenters. The predicted octanol–water partition coefficient (Wildman–Crippen LogP) is 0.380. The maximum atomic E-state index is 11.7. The van der Waals surface area contributed by atoms with Crippen LogP contribution in [0.5, 0.6) is 5.75 Å². The zero-order chi connectivity index (χ0) is 14.4. The lowest BCUT2D eigenvalue weighted by Crippen LogP contribution is -2.19. The molecule has 0 radical (unpaired) electrons. The van der Waals surface area contributed by atoms with Crippen molar-refractivity contribution in [3.05, 3.63) is 36.7 Å². The molecule has 1 heterocycles. The lowest BCUT2D eigenvalue weighted by Gasteiger charge is -2.07. The number of carboxylic acids is 1. The molecule has 0 aliphatic heterocycles. The largest absolute Gasteiger partial charge is 0.482 e. The summed E-state index contributed by atoms with van der Waals surface area (Å²) in [5.74, 6) is -0.869. The number of carbonyl (C=O) groups is 2. The SMILES string of the molecule is O=C(O)COc1ccc(NC(=O)Cn2ccnn2)cc1. The highest BCUT2D eigenvalue weighted by Crippen LogP contribution is 2.15. The Bertz CT molecular complexity index is 580. The van der Waals surface area contributed by atoms with E-state index in [4.69, 9.17) is 9.84 Å². The summed E-state index contributed by atoms with van der Waals surface area (Å²) in [6.45, 7) is -0.338. The van der Waals surface area contributed by atoms with E-state index in [1.807, 2.05) is 0 Å². The Morgan fingerprint density at radius 3 is 2.65 bits per heavy atom. The summed E-state index contributed by atoms with van der Waals surface area (Å²) < 4.78 is 6.38. The fraction of sp³-hybridized carbons (Fsp3) is 0.167. The topological polar surface area (TPSA) is 106 Å². The van der Waals surface area contributed by atoms with Gasteiger partial charge in [-0.2, -0.15) is 0 Å². The first kappa shape index (κ1) is 13.5. The highest BCUT2D eigenvalue weighted by atomic mass is 16.5. The van der Waals surface area contributed by atoms with Gasteiger partial charge in [-0.1, -0.05) is 5.21 Å². The summed E-state index contributed by atoms with van der Waals surface area (Å²) in [5.41, 5.74) is 0.581. The molecule has 2 N–H and O–H groups in total. The molecule has 0 aliphatic rings. The van der Waals surface area contributed by atoms with Gasteiger partial charge in [0.2, 0.25) is 5.91 Å². The van der Waals surface area contributed by atoms with Crippen LogP contribution in [0.15, 0.2) is 36.7 Å². The van der Waals surface area contributed by atoms with Gasteiger partial charge in [0.15, 0.2) is 6.61 Å². The van der Waals surface area contributed by atoms with Crippen LogP contribution in [-0.4, -0.2) is 38.6 Å². The number of rotatable bonds is 6. The maximum absolute atomic E-state index is 11.7. The first-order valence-corrected chi connectivity index (χ1v) is 5.72. The van der Waals surface area contributed by atoms with Crippen LogP contribution in [0.1, 0.15) is 0 Å². The van der Waals surface area contributed by atoms with Crippen LogP contribution in [-0.2, 0) is 16.1 Å². The molecule has 0 fully saturated rings. The standard InChI is InChI=1S/C12H12N4O4/c17-11(7-16-6-5-13-15-16)14-9-1-3-10(4-2-9)20-8-12(18)19/h1-6H,7-8H2,(H,14,17)(H,18,19). The van der Waals surface area contributed by atoms with Crippen LogP contribution in [0.25, 0.3) is 0 Å². The van der Waals surface area contributed by atoms with Crippen molar-refractivity contribution in [1.82, 2.24) is 15.0 Å². The summed E-state index contributed by atoms with van der Waals surface area (Å²) in [6.07, 6.45) is 3.07. The summed E-state index contributed by atoms with van der Waals surface area (Å²) in [5, 5.41) is 18.4. The van der Waals surface area contributed by atoms with Gasteiger partial charge >= 0.3 is 5.97 Å². The minimum atomic E-state index is -1.05. The van der Waals surface area contributed by atoms with Crippen LogP contribution in [0, 0.1) is 0 Å². The van der Waals surface area contributed by atoms with Gasteiger partial charge < -0.3 is 15.2 Å². The van der Waals surface area contributed by atoms with Crippen LogP contribution in [0.4, 0.5) is 5.69 Å². The van der Waals surface area contributed by atoms with Gasteiger partial charge in [0, 0.05) is 11.9 Å². The summed E-state index contributed by atoms with van der Waals surface area (Å²) >= 11 is 0. The number of benzene rings is 1. The van der Waals surface area contributed by atoms with Crippen LogP contribution < -0.4 is 10.1 Å². The summed E-state index contributed by atoms with van der Waals surface area (Å²) in [4.78, 5) is 22.0. The number of amides is 1. The normalized spacial score (nSPS) is 10.0. The van der Waals surface area contributed by atoms with Crippen molar-refractivity contribution in [2.45, 2.75) is 6.54 Å². The molecule has 0 aliphatic carbocycles. The maximum Gasteiger partial charge on any atom is 0.341 e. The second-order valence-electron chi connectivity index (χ2n) is 3.86. The Kier molecular flexibility index (Phi) is 4.28. The lowest BCUT2D eigenvalue weighted by molar-refractivity contribution is -0.139. The van der Waals surface area contributed by atoms with Gasteiger partial charge in [-0.15, -0.1) is 5.10 Å². The molecule has 0 atom stereocenters. The van der Waals surface area contributed by atoms with E-state index in [9.17, 15) is 9.59 Å². The Labute approximate surface area is 114 Å². The van der Waals surface area contributed by atoms with Crippen molar-refractivity contribution < 1.29 is 19.4 Å². The number of nitrogens with zero attached hydrogens (tertiary/aromatic N) is 3. The number of nitrogens with one attached hydrogen (secondary N) is 1. The highest BCUT2D eigenvalue weighted by molar-refractivity contribution is 5.90. The monoisotopic (exact) mass is 276 g/mol. The number of hydrogen-bond acceptors (Lipinski definition) is 5. The van der Waals surface area contributed by atoms with E-state index >= 15 is 0 Å². The Hall–Kier alpha value is -2.90. The van der Waals surface area contributed by atoms with Crippen LogP contribution in [0.2, 0.25) is 0 Å². The molecule has 1 aromatic carbocycles. The van der Waals surface area contributed by atoms with Crippen molar-refractivity contribution >= 4 is 17.6 Å². The smallest absolute Gasteiger partial charge is 0.341 e. The second kappa shape index (κ2) is 6.32. The van der Waals surface area contributed by atoms with Crippen molar-refractivity contribution in [2.75, 3.05) is 11.9 Å². The third-order valence-corrected chi connectivity index (χ3v) is 2.28. The molecule has 20 heavy (non-hydrogen) atoms. The van der Waals surface area contributed by atoms with Crippen molar-refractivity contribution in [3.8, 4) is 5.75 Å². The first-order chi connectivity index (χ1) is 9.63. The third-order valence-electron chi connectivity index (χ3n) is 2.28. The minimum absolute atomic E-state index is 0.0667. The fourth-order valence-corrected chi connectivity index (χ4v) is 1.44. The summed E-state index contributed by atoms with van der Waals surface area (Å²) in [6, 6.07) is 6.40. The molecule has 0 saturated carbocycles. The molecule has 2 rings (SSSR count). The Morgan fingerprint density at radius 2 is 2.05 bits per heavy atom. The van der Waals surface area contributed by atoms with E-state index in [1.54, 1.807) is 30.5 Å². The average molecular weight is 276 g/mol. The fourth-order valence-electron chi connectivity index (χ4n) is 1.44. The van der Waals surface area contributed by atoms with Gasteiger partial charge in [-0.3, -0.25) is 4.79 Å². The molecule has 8 heteroatoms. The van der Waals surface area contributed by atoms with E-state index in [1.165, 1.54) is 10.9 Å². The van der Waals surface area contributed by atoms with Crippen molar-refractivity contribution in [3.63, 3.8) is 0 Å². The summed E-state index contributed by atoms with van der Waals surface area (Å²) in [7, 11) is 0. The lowest BCUT2D eigenvalue weighted by atomic mass is 10.3. The van der Waals surface area contributed by atoms with Crippen LogP contribution >= 0.6 is 0 Å². The number of carboxylic acid groups (broad SMARTS) is 1. The molecule has 0 saturated heterocycles. The second-order valence-corrected chi connectivity index (χ2v) is 3.86. The molecule has 0 spiro atoms. The molecule has 2 aromatic rings. The molecule has 104 valence electrons. The quantitative estimate of drug-likeness (QED) is 0.790. The van der Waals surface area contributed by atoms with Gasteiger partial charge in [0.25, 0.3) is 0 Å². The molecular weight excluding hydrogens is 264 g/mol. The zero-order valence-corrected chi connectivity index (χ0v) is 10.4. The van der Waals surface area contributed by atoms with Gasteiger partial charge in [0.05, 0.1) is 6.20 Å². The highest BCUT2D eigenvalue weighted by Gasteiger charge is 2.05. The third kappa shape index (κ3) is 4.09. The molecular formula is C12H12N4O4. The predicted molar refractivity (Wildman–Crippen MR) is 68.2 cm³/mol. The van der Waals surface area contributed by atoms with Gasteiger partial charge in [0.1, 0.15) is 12.3 Å². The Balaban J connectivity index is 1.86. The minimum Gasteiger partial charge on any atom is -0.482 e. The van der Waals surface area contributed by atoms with E-state index < -0.39 is 12.6 Å². The molecule has 0 bridgehead atoms. The zero-order valence-electron chi connectivity index (χ0n) is 10.4. The van der Waals surface area contributed by atoms with E-state index in [0.29, 0.717) is 11.4 Å². The van der Waals surface area contributed by atoms with Crippen LogP contribution in [0.3, 0.4) is 0 Å². The molecule has 1 aromatic heterocycles. The van der Waals surface area contributed by atoms with Gasteiger partial charge in [-0.05, 0) is 24.3 Å². The number of aromatic nitrogens is 3. The number of ether oxygens (including phenoxy) is 1.